The van der Waals surface area contributed by atoms with Crippen molar-refractivity contribution in [1.82, 2.24) is 4.98 Å². The van der Waals surface area contributed by atoms with Crippen molar-refractivity contribution in [2.75, 3.05) is 13.9 Å². The molecule has 0 bridgehead atoms. The van der Waals surface area contributed by atoms with Gasteiger partial charge in [0.2, 0.25) is 5.95 Å². The van der Waals surface area contributed by atoms with Gasteiger partial charge in [-0.25, -0.2) is 4.98 Å². The quantitative estimate of drug-likeness (QED) is 0.593. The summed E-state index contributed by atoms with van der Waals surface area (Å²) in [5.41, 5.74) is 0. The van der Waals surface area contributed by atoms with Crippen molar-refractivity contribution in [2.45, 2.75) is 0 Å². The van der Waals surface area contributed by atoms with Gasteiger partial charge < -0.3 is 9.47 Å². The van der Waals surface area contributed by atoms with Gasteiger partial charge >= 0.3 is 0 Å². The van der Waals surface area contributed by atoms with Crippen molar-refractivity contribution in [1.29, 1.82) is 0 Å². The lowest BCUT2D eigenvalue weighted by molar-refractivity contribution is 0.0502. The standard InChI is InChI=1S/C7H7BrFNO2/c1-11-4-12-6-3-10-7(9)2-5(6)8/h2-3H,4H2,1H3. The fraction of sp³-hybridized carbons (Fsp3) is 0.286. The van der Waals surface area contributed by atoms with Crippen LogP contribution < -0.4 is 4.74 Å². The summed E-state index contributed by atoms with van der Waals surface area (Å²) in [6.45, 7) is 0.117. The molecule has 1 aromatic heterocycles. The van der Waals surface area contributed by atoms with E-state index >= 15 is 0 Å². The Morgan fingerprint density at radius 3 is 3.00 bits per heavy atom. The highest BCUT2D eigenvalue weighted by molar-refractivity contribution is 9.10. The molecule has 0 amide bonds. The number of rotatable bonds is 3. The number of aromatic nitrogens is 1. The van der Waals surface area contributed by atoms with Crippen LogP contribution in [-0.2, 0) is 4.74 Å². The number of hydrogen-bond acceptors (Lipinski definition) is 3. The van der Waals surface area contributed by atoms with E-state index in [0.29, 0.717) is 10.2 Å². The number of methoxy groups -OCH3 is 1. The van der Waals surface area contributed by atoms with Crippen LogP contribution >= 0.6 is 15.9 Å². The molecule has 0 radical (unpaired) electrons. The van der Waals surface area contributed by atoms with Crippen LogP contribution in [0.3, 0.4) is 0 Å². The zero-order valence-corrected chi connectivity index (χ0v) is 7.97. The highest BCUT2D eigenvalue weighted by Gasteiger charge is 2.02. The number of halogens is 2. The van der Waals surface area contributed by atoms with E-state index in [2.05, 4.69) is 25.7 Å². The molecule has 3 nitrogen and oxygen atoms in total. The Balaban J connectivity index is 2.72. The Hall–Kier alpha value is -0.680. The van der Waals surface area contributed by atoms with Gasteiger partial charge in [-0.3, -0.25) is 0 Å². The molecular formula is C7H7BrFNO2. The van der Waals surface area contributed by atoms with Crippen molar-refractivity contribution in [3.8, 4) is 5.75 Å². The van der Waals surface area contributed by atoms with E-state index in [4.69, 9.17) is 4.74 Å². The van der Waals surface area contributed by atoms with E-state index in [0.717, 1.165) is 0 Å². The van der Waals surface area contributed by atoms with Crippen molar-refractivity contribution < 1.29 is 13.9 Å². The second kappa shape index (κ2) is 4.37. The van der Waals surface area contributed by atoms with Crippen LogP contribution in [0.1, 0.15) is 0 Å². The molecule has 0 saturated carbocycles. The maximum absolute atomic E-state index is 12.4. The van der Waals surface area contributed by atoms with Crippen LogP contribution in [-0.4, -0.2) is 18.9 Å². The molecule has 0 atom stereocenters. The molecule has 0 saturated heterocycles. The van der Waals surface area contributed by atoms with E-state index < -0.39 is 5.95 Å². The minimum Gasteiger partial charge on any atom is -0.465 e. The molecule has 0 aromatic carbocycles. The molecule has 5 heteroatoms. The average Bonchev–Trinajstić information content (AvgIpc) is 2.03. The Bertz CT molecular complexity index is 270. The molecular weight excluding hydrogens is 229 g/mol. The first-order valence-electron chi connectivity index (χ1n) is 3.17. The first kappa shape index (κ1) is 9.41. The van der Waals surface area contributed by atoms with Gasteiger partial charge in [0.1, 0.15) is 0 Å². The molecule has 1 heterocycles. The predicted molar refractivity (Wildman–Crippen MR) is 44.4 cm³/mol. The minimum atomic E-state index is -0.549. The van der Waals surface area contributed by atoms with Crippen LogP contribution in [0.4, 0.5) is 4.39 Å². The third-order valence-corrected chi connectivity index (χ3v) is 1.74. The first-order valence-corrected chi connectivity index (χ1v) is 3.96. The number of ether oxygens (including phenoxy) is 2. The Morgan fingerprint density at radius 1 is 1.67 bits per heavy atom. The fourth-order valence-electron chi connectivity index (χ4n) is 0.624. The number of hydrogen-bond donors (Lipinski definition) is 0. The fourth-order valence-corrected chi connectivity index (χ4v) is 1.03. The van der Waals surface area contributed by atoms with Gasteiger partial charge in [0, 0.05) is 13.2 Å². The number of pyridine rings is 1. The predicted octanol–water partition coefficient (Wildman–Crippen LogP) is 1.97. The van der Waals surface area contributed by atoms with Crippen molar-refractivity contribution >= 4 is 15.9 Å². The molecule has 0 N–H and O–H groups in total. The molecule has 1 rings (SSSR count). The van der Waals surface area contributed by atoms with Crippen molar-refractivity contribution in [2.24, 2.45) is 0 Å². The van der Waals surface area contributed by atoms with E-state index in [1.165, 1.54) is 19.4 Å². The van der Waals surface area contributed by atoms with E-state index in [-0.39, 0.29) is 6.79 Å². The molecule has 12 heavy (non-hydrogen) atoms. The summed E-state index contributed by atoms with van der Waals surface area (Å²) in [4.78, 5) is 3.42. The summed E-state index contributed by atoms with van der Waals surface area (Å²) in [6.07, 6.45) is 1.29. The molecule has 0 spiro atoms. The Morgan fingerprint density at radius 2 is 2.42 bits per heavy atom. The summed E-state index contributed by atoms with van der Waals surface area (Å²) in [5.74, 6) is -0.0927. The van der Waals surface area contributed by atoms with Gasteiger partial charge in [0.25, 0.3) is 0 Å². The third-order valence-electron chi connectivity index (χ3n) is 1.12. The molecule has 0 unspecified atom stereocenters. The highest BCUT2D eigenvalue weighted by Crippen LogP contribution is 2.23. The van der Waals surface area contributed by atoms with Gasteiger partial charge in [0.05, 0.1) is 10.7 Å². The molecule has 0 aliphatic rings. The second-order valence-electron chi connectivity index (χ2n) is 1.99. The Kier molecular flexibility index (Phi) is 3.43. The van der Waals surface area contributed by atoms with Gasteiger partial charge in [-0.15, -0.1) is 0 Å². The van der Waals surface area contributed by atoms with Crippen LogP contribution in [0.5, 0.6) is 5.75 Å². The summed E-state index contributed by atoms with van der Waals surface area (Å²) in [7, 11) is 1.50. The third kappa shape index (κ3) is 2.42. The monoisotopic (exact) mass is 235 g/mol. The van der Waals surface area contributed by atoms with Crippen LogP contribution in [0.2, 0.25) is 0 Å². The lowest BCUT2D eigenvalue weighted by Gasteiger charge is -2.05. The maximum Gasteiger partial charge on any atom is 0.214 e. The van der Waals surface area contributed by atoms with E-state index in [9.17, 15) is 4.39 Å². The van der Waals surface area contributed by atoms with Crippen molar-refractivity contribution in [3.63, 3.8) is 0 Å². The molecule has 0 fully saturated rings. The largest absolute Gasteiger partial charge is 0.465 e. The van der Waals surface area contributed by atoms with Gasteiger partial charge in [-0.05, 0) is 15.9 Å². The zero-order chi connectivity index (χ0) is 8.97. The molecule has 0 aliphatic carbocycles. The summed E-state index contributed by atoms with van der Waals surface area (Å²) >= 11 is 3.12. The summed E-state index contributed by atoms with van der Waals surface area (Å²) in [6, 6.07) is 1.23. The normalized spacial score (nSPS) is 9.92. The van der Waals surface area contributed by atoms with Crippen LogP contribution in [0, 0.1) is 5.95 Å². The lowest BCUT2D eigenvalue weighted by Crippen LogP contribution is -2.00. The number of nitrogens with zero attached hydrogens (tertiary/aromatic N) is 1. The van der Waals surface area contributed by atoms with Crippen LogP contribution in [0.15, 0.2) is 16.7 Å². The van der Waals surface area contributed by atoms with Crippen molar-refractivity contribution in [3.05, 3.63) is 22.7 Å². The van der Waals surface area contributed by atoms with E-state index in [1.807, 2.05) is 0 Å². The van der Waals surface area contributed by atoms with E-state index in [1.54, 1.807) is 0 Å². The lowest BCUT2D eigenvalue weighted by atomic mass is 10.4. The summed E-state index contributed by atoms with van der Waals surface area (Å²) in [5, 5.41) is 0. The smallest absolute Gasteiger partial charge is 0.214 e. The highest BCUT2D eigenvalue weighted by atomic mass is 79.9. The maximum atomic E-state index is 12.4. The van der Waals surface area contributed by atoms with Crippen LogP contribution in [0.25, 0.3) is 0 Å². The molecule has 1 aromatic rings. The van der Waals surface area contributed by atoms with Gasteiger partial charge in [0.15, 0.2) is 12.5 Å². The second-order valence-corrected chi connectivity index (χ2v) is 2.84. The minimum absolute atomic E-state index is 0.117. The van der Waals surface area contributed by atoms with Gasteiger partial charge in [-0.1, -0.05) is 0 Å². The average molecular weight is 236 g/mol. The molecule has 66 valence electrons. The zero-order valence-electron chi connectivity index (χ0n) is 6.38. The topological polar surface area (TPSA) is 31.4 Å². The first-order chi connectivity index (χ1) is 5.74. The molecule has 0 aliphatic heterocycles. The SMILES string of the molecule is COCOc1cnc(F)cc1Br. The summed E-state index contributed by atoms with van der Waals surface area (Å²) < 4.78 is 22.7. The Labute approximate surface area is 77.6 Å². The van der Waals surface area contributed by atoms with Gasteiger partial charge in [-0.2, -0.15) is 4.39 Å².